The summed E-state index contributed by atoms with van der Waals surface area (Å²) < 4.78 is 45.0. The van der Waals surface area contributed by atoms with Gasteiger partial charge in [0.15, 0.2) is 5.75 Å². The van der Waals surface area contributed by atoms with Crippen LogP contribution in [0, 0.1) is 34.4 Å². The molecule has 1 saturated heterocycles. The van der Waals surface area contributed by atoms with Gasteiger partial charge in [-0.25, -0.2) is 4.79 Å². The maximum atomic E-state index is 13.7. The lowest BCUT2D eigenvalue weighted by Crippen LogP contribution is -2.48. The highest BCUT2D eigenvalue weighted by Crippen LogP contribution is 2.59. The summed E-state index contributed by atoms with van der Waals surface area (Å²) in [5.41, 5.74) is 0. The molecule has 3 fully saturated rings. The van der Waals surface area contributed by atoms with Crippen molar-refractivity contribution in [2.24, 2.45) is 23.7 Å². The van der Waals surface area contributed by atoms with E-state index in [-0.39, 0.29) is 6.42 Å². The average Bonchev–Trinajstić information content (AvgIpc) is 3.21. The van der Waals surface area contributed by atoms with Crippen molar-refractivity contribution >= 4 is 85.7 Å². The van der Waals surface area contributed by atoms with E-state index in [1.807, 2.05) is 57.3 Å². The number of fused-ring (bicyclic) bond motifs is 1. The van der Waals surface area contributed by atoms with Gasteiger partial charge in [0.1, 0.15) is 12.2 Å². The standard InChI is InChI=1S/C17H11F2I3O7/c18-17(19,16(25)26)29-12-6-3-5-9(14(23)27-11(5)12)10(6)15(24)28-13-7(21)1-4(20)2-8(13)22/h1-2,5-6,9-12H,3H2,(H,25,26). The van der Waals surface area contributed by atoms with Crippen LogP contribution in [-0.2, 0) is 23.9 Å². The molecule has 2 saturated carbocycles. The van der Waals surface area contributed by atoms with Gasteiger partial charge in [0.2, 0.25) is 0 Å². The fourth-order valence-corrected chi connectivity index (χ4v) is 8.29. The second kappa shape index (κ2) is 7.65. The van der Waals surface area contributed by atoms with E-state index in [9.17, 15) is 23.2 Å². The van der Waals surface area contributed by atoms with Crippen molar-refractivity contribution in [2.75, 3.05) is 0 Å². The van der Waals surface area contributed by atoms with Crippen LogP contribution in [0.4, 0.5) is 8.78 Å². The van der Waals surface area contributed by atoms with Gasteiger partial charge in [-0.3, -0.25) is 9.59 Å². The van der Waals surface area contributed by atoms with Gasteiger partial charge in [-0.1, -0.05) is 0 Å². The molecule has 156 valence electrons. The number of carbonyl (C=O) groups excluding carboxylic acids is 2. The second-order valence-corrected chi connectivity index (χ2v) is 10.6. The van der Waals surface area contributed by atoms with Gasteiger partial charge in [0, 0.05) is 15.4 Å². The minimum Gasteiger partial charge on any atom is -0.475 e. The first-order chi connectivity index (χ1) is 13.5. The van der Waals surface area contributed by atoms with Gasteiger partial charge < -0.3 is 19.3 Å². The zero-order valence-electron chi connectivity index (χ0n) is 14.1. The quantitative estimate of drug-likeness (QED) is 0.281. The smallest absolute Gasteiger partial charge is 0.456 e. The summed E-state index contributed by atoms with van der Waals surface area (Å²) in [5, 5.41) is 8.67. The van der Waals surface area contributed by atoms with E-state index in [0.29, 0.717) is 12.9 Å². The van der Waals surface area contributed by atoms with Gasteiger partial charge in [0.25, 0.3) is 0 Å². The lowest BCUT2D eigenvalue weighted by Gasteiger charge is -2.31. The monoisotopic (exact) mass is 746 g/mol. The molecule has 1 N–H and O–H groups in total. The third-order valence-electron chi connectivity index (χ3n) is 5.52. The van der Waals surface area contributed by atoms with E-state index in [1.54, 1.807) is 0 Å². The molecule has 1 aromatic rings. The Labute approximate surface area is 203 Å². The maximum Gasteiger partial charge on any atom is 0.456 e. The molecule has 1 heterocycles. The number of benzene rings is 1. The molecule has 2 aliphatic carbocycles. The van der Waals surface area contributed by atoms with Crippen LogP contribution in [-0.4, -0.2) is 41.3 Å². The number of hydrogen-bond acceptors (Lipinski definition) is 6. The Morgan fingerprint density at radius 3 is 2.38 bits per heavy atom. The van der Waals surface area contributed by atoms with E-state index in [4.69, 9.17) is 14.6 Å². The van der Waals surface area contributed by atoms with Crippen molar-refractivity contribution in [1.29, 1.82) is 0 Å². The highest BCUT2D eigenvalue weighted by molar-refractivity contribution is 14.1. The van der Waals surface area contributed by atoms with Crippen LogP contribution in [0.25, 0.3) is 0 Å². The molecule has 0 aromatic heterocycles. The lowest BCUT2D eigenvalue weighted by molar-refractivity contribution is -0.278. The molecule has 29 heavy (non-hydrogen) atoms. The summed E-state index contributed by atoms with van der Waals surface area (Å²) in [6.07, 6.45) is -6.57. The summed E-state index contributed by atoms with van der Waals surface area (Å²) in [6.45, 7) is 0. The molecule has 0 spiro atoms. The van der Waals surface area contributed by atoms with E-state index in [1.165, 1.54) is 0 Å². The van der Waals surface area contributed by atoms with Gasteiger partial charge in [-0.05, 0) is 86.3 Å². The molecule has 6 unspecified atom stereocenters. The van der Waals surface area contributed by atoms with Gasteiger partial charge in [-0.2, -0.15) is 8.78 Å². The minimum absolute atomic E-state index is 0.252. The molecular formula is C17H11F2I3O7. The average molecular weight is 746 g/mol. The van der Waals surface area contributed by atoms with E-state index >= 15 is 0 Å². The molecule has 0 radical (unpaired) electrons. The Morgan fingerprint density at radius 1 is 1.17 bits per heavy atom. The van der Waals surface area contributed by atoms with Crippen LogP contribution < -0.4 is 4.74 Å². The van der Waals surface area contributed by atoms with Crippen LogP contribution in [0.1, 0.15) is 6.42 Å². The molecule has 1 aliphatic heterocycles. The van der Waals surface area contributed by atoms with Crippen molar-refractivity contribution in [3.8, 4) is 5.75 Å². The summed E-state index contributed by atoms with van der Waals surface area (Å²) >= 11 is 6.17. The Balaban J connectivity index is 1.62. The lowest BCUT2D eigenvalue weighted by atomic mass is 9.78. The largest absolute Gasteiger partial charge is 0.475 e. The van der Waals surface area contributed by atoms with Crippen LogP contribution in [0.3, 0.4) is 0 Å². The molecule has 7 nitrogen and oxygen atoms in total. The number of hydrogen-bond donors (Lipinski definition) is 1. The summed E-state index contributed by atoms with van der Waals surface area (Å²) in [4.78, 5) is 36.0. The molecule has 12 heteroatoms. The van der Waals surface area contributed by atoms with Crippen molar-refractivity contribution in [2.45, 2.75) is 24.7 Å². The molecular weight excluding hydrogens is 735 g/mol. The SMILES string of the molecule is O=C1OC2C3CC(C2OC(F)(F)C(=O)O)C(C(=O)Oc2c(I)cc(I)cc2I)C13. The Hall–Kier alpha value is -0.360. The number of rotatable bonds is 5. The molecule has 2 bridgehead atoms. The van der Waals surface area contributed by atoms with Crippen molar-refractivity contribution in [3.63, 3.8) is 0 Å². The molecule has 1 aromatic carbocycles. The van der Waals surface area contributed by atoms with Crippen LogP contribution in [0.15, 0.2) is 12.1 Å². The van der Waals surface area contributed by atoms with Crippen molar-refractivity contribution in [3.05, 3.63) is 22.8 Å². The number of halogens is 5. The maximum absolute atomic E-state index is 13.7. The number of alkyl halides is 2. The fraction of sp³-hybridized carbons (Fsp3) is 0.471. The summed E-state index contributed by atoms with van der Waals surface area (Å²) in [7, 11) is 0. The normalized spacial score (nSPS) is 32.4. The first-order valence-corrected chi connectivity index (χ1v) is 11.6. The van der Waals surface area contributed by atoms with Crippen molar-refractivity contribution in [1.82, 2.24) is 0 Å². The van der Waals surface area contributed by atoms with Crippen LogP contribution >= 0.6 is 67.8 Å². The summed E-state index contributed by atoms with van der Waals surface area (Å²) in [5.74, 6) is -6.61. The van der Waals surface area contributed by atoms with Crippen molar-refractivity contribution < 1.29 is 42.5 Å². The van der Waals surface area contributed by atoms with E-state index in [0.717, 1.165) is 3.57 Å². The van der Waals surface area contributed by atoms with Crippen LogP contribution in [0.5, 0.6) is 5.75 Å². The van der Waals surface area contributed by atoms with Gasteiger partial charge >= 0.3 is 24.0 Å². The number of ether oxygens (including phenoxy) is 3. The van der Waals surface area contributed by atoms with E-state index in [2.05, 4.69) is 27.3 Å². The molecule has 4 rings (SSSR count). The Kier molecular flexibility index (Phi) is 5.76. The summed E-state index contributed by atoms with van der Waals surface area (Å²) in [6, 6.07) is 3.62. The zero-order valence-corrected chi connectivity index (χ0v) is 20.6. The second-order valence-electron chi connectivity index (χ2n) is 7.04. The van der Waals surface area contributed by atoms with Gasteiger partial charge in [0.05, 0.1) is 19.0 Å². The minimum atomic E-state index is -4.45. The third kappa shape index (κ3) is 3.64. The first kappa shape index (κ1) is 21.9. The number of esters is 2. The number of aliphatic carboxylic acids is 1. The number of carboxylic acid groups (broad SMARTS) is 1. The first-order valence-electron chi connectivity index (χ1n) is 8.37. The predicted molar refractivity (Wildman–Crippen MR) is 116 cm³/mol. The Morgan fingerprint density at radius 2 is 1.79 bits per heavy atom. The zero-order chi connectivity index (χ0) is 21.2. The predicted octanol–water partition coefficient (Wildman–Crippen LogP) is 3.28. The third-order valence-corrected chi connectivity index (χ3v) is 7.74. The highest BCUT2D eigenvalue weighted by Gasteiger charge is 2.71. The molecule has 6 atom stereocenters. The number of carboxylic acids is 1. The molecule has 0 amide bonds. The highest BCUT2D eigenvalue weighted by atomic mass is 127. The molecule has 3 aliphatic rings. The number of carbonyl (C=O) groups is 3. The van der Waals surface area contributed by atoms with Crippen LogP contribution in [0.2, 0.25) is 0 Å². The van der Waals surface area contributed by atoms with E-state index < -0.39 is 59.9 Å². The topological polar surface area (TPSA) is 99.1 Å². The van der Waals surface area contributed by atoms with Gasteiger partial charge in [-0.15, -0.1) is 0 Å². The Bertz CT molecular complexity index is 901. The fourth-order valence-electron chi connectivity index (χ4n) is 4.49.